The van der Waals surface area contributed by atoms with E-state index < -0.39 is 0 Å². The van der Waals surface area contributed by atoms with Gasteiger partial charge in [0.1, 0.15) is 17.1 Å². The molecule has 0 fully saturated rings. The number of hydrogen-bond acceptors (Lipinski definition) is 3. The zero-order chi connectivity index (χ0) is 13.1. The Balaban J connectivity index is 2.52. The van der Waals surface area contributed by atoms with Crippen LogP contribution in [0, 0.1) is 5.82 Å². The number of aromatic nitrogens is 2. The maximum atomic E-state index is 13.7. The highest BCUT2D eigenvalue weighted by molar-refractivity contribution is 6.29. The fraction of sp³-hybridized carbons (Fsp3) is 0.231. The molecule has 1 aromatic heterocycles. The standard InChI is InChI=1S/C13H12ClFN2O/c1-8(18-2)13-16-11(7-12(14)17-13)9-5-3-4-6-10(9)15/h3-8H,1-2H3/t8-/m0/s1. The van der Waals surface area contributed by atoms with Crippen molar-refractivity contribution in [3.05, 3.63) is 47.1 Å². The molecule has 0 saturated heterocycles. The third-order valence-corrected chi connectivity index (χ3v) is 2.77. The van der Waals surface area contributed by atoms with Gasteiger partial charge in [-0.2, -0.15) is 0 Å². The lowest BCUT2D eigenvalue weighted by atomic mass is 10.1. The van der Waals surface area contributed by atoms with Gasteiger partial charge in [0.2, 0.25) is 0 Å². The van der Waals surface area contributed by atoms with Crippen LogP contribution < -0.4 is 0 Å². The number of nitrogens with zero attached hydrogens (tertiary/aromatic N) is 2. The molecule has 94 valence electrons. The lowest BCUT2D eigenvalue weighted by Crippen LogP contribution is -2.04. The Morgan fingerprint density at radius 3 is 2.67 bits per heavy atom. The number of benzene rings is 1. The van der Waals surface area contributed by atoms with Gasteiger partial charge >= 0.3 is 0 Å². The Morgan fingerprint density at radius 2 is 2.00 bits per heavy atom. The van der Waals surface area contributed by atoms with Gasteiger partial charge in [-0.05, 0) is 19.1 Å². The number of methoxy groups -OCH3 is 1. The summed E-state index contributed by atoms with van der Waals surface area (Å²) in [6.07, 6.45) is -0.297. The molecule has 5 heteroatoms. The summed E-state index contributed by atoms with van der Waals surface area (Å²) in [4.78, 5) is 8.34. The van der Waals surface area contributed by atoms with Gasteiger partial charge < -0.3 is 4.74 Å². The summed E-state index contributed by atoms with van der Waals surface area (Å²) in [6.45, 7) is 1.80. The first-order valence-corrected chi connectivity index (χ1v) is 5.82. The summed E-state index contributed by atoms with van der Waals surface area (Å²) >= 11 is 5.92. The maximum Gasteiger partial charge on any atom is 0.159 e. The van der Waals surface area contributed by atoms with Gasteiger partial charge in [0.25, 0.3) is 0 Å². The number of halogens is 2. The van der Waals surface area contributed by atoms with Crippen LogP contribution in [0.1, 0.15) is 18.9 Å². The second-order valence-corrected chi connectivity index (χ2v) is 4.18. The molecule has 0 saturated carbocycles. The number of ether oxygens (including phenoxy) is 1. The fourth-order valence-corrected chi connectivity index (χ4v) is 1.72. The summed E-state index contributed by atoms with van der Waals surface area (Å²) in [5.74, 6) is 0.0894. The molecule has 1 atom stereocenters. The van der Waals surface area contributed by atoms with Crippen LogP contribution in [0.2, 0.25) is 5.15 Å². The van der Waals surface area contributed by atoms with Crippen molar-refractivity contribution in [1.82, 2.24) is 9.97 Å². The molecule has 0 spiro atoms. The predicted octanol–water partition coefficient (Wildman–Crippen LogP) is 3.64. The van der Waals surface area contributed by atoms with Crippen molar-refractivity contribution in [2.45, 2.75) is 13.0 Å². The molecule has 0 aliphatic heterocycles. The van der Waals surface area contributed by atoms with E-state index in [2.05, 4.69) is 9.97 Å². The van der Waals surface area contributed by atoms with Crippen molar-refractivity contribution in [3.63, 3.8) is 0 Å². The van der Waals surface area contributed by atoms with Gasteiger partial charge in [-0.1, -0.05) is 23.7 Å². The Labute approximate surface area is 110 Å². The highest BCUT2D eigenvalue weighted by Gasteiger charge is 2.13. The van der Waals surface area contributed by atoms with Crippen molar-refractivity contribution < 1.29 is 9.13 Å². The molecule has 0 radical (unpaired) electrons. The predicted molar refractivity (Wildman–Crippen MR) is 67.9 cm³/mol. The van der Waals surface area contributed by atoms with Gasteiger partial charge in [-0.25, -0.2) is 14.4 Å². The summed E-state index contributed by atoms with van der Waals surface area (Å²) in [7, 11) is 1.55. The Bertz CT molecular complexity index is 562. The van der Waals surface area contributed by atoms with E-state index in [0.29, 0.717) is 17.1 Å². The Kier molecular flexibility index (Phi) is 3.89. The van der Waals surface area contributed by atoms with Crippen LogP contribution in [0.25, 0.3) is 11.3 Å². The molecule has 0 unspecified atom stereocenters. The molecule has 1 heterocycles. The minimum absolute atomic E-state index is 0.266. The number of rotatable bonds is 3. The number of hydrogen-bond donors (Lipinski definition) is 0. The molecule has 2 rings (SSSR count). The van der Waals surface area contributed by atoms with Crippen LogP contribution in [0.4, 0.5) is 4.39 Å². The third kappa shape index (κ3) is 2.66. The maximum absolute atomic E-state index is 13.7. The zero-order valence-corrected chi connectivity index (χ0v) is 10.8. The van der Waals surface area contributed by atoms with Crippen LogP contribution in [0.5, 0.6) is 0 Å². The molecule has 0 amide bonds. The van der Waals surface area contributed by atoms with Crippen LogP contribution in [-0.2, 0) is 4.74 Å². The quantitative estimate of drug-likeness (QED) is 0.796. The van der Waals surface area contributed by atoms with E-state index in [9.17, 15) is 4.39 Å². The van der Waals surface area contributed by atoms with E-state index in [0.717, 1.165) is 0 Å². The van der Waals surface area contributed by atoms with Crippen LogP contribution >= 0.6 is 11.6 Å². The average molecular weight is 267 g/mol. The summed E-state index contributed by atoms with van der Waals surface area (Å²) < 4.78 is 18.8. The molecule has 0 aliphatic rings. The average Bonchev–Trinajstić information content (AvgIpc) is 2.37. The minimum Gasteiger partial charge on any atom is -0.374 e. The molecule has 3 nitrogen and oxygen atoms in total. The van der Waals surface area contributed by atoms with E-state index in [1.807, 2.05) is 0 Å². The van der Waals surface area contributed by atoms with Gasteiger partial charge in [-0.15, -0.1) is 0 Å². The van der Waals surface area contributed by atoms with E-state index in [4.69, 9.17) is 16.3 Å². The first-order chi connectivity index (χ1) is 8.61. The van der Waals surface area contributed by atoms with Gasteiger partial charge in [0, 0.05) is 18.7 Å². The highest BCUT2D eigenvalue weighted by atomic mass is 35.5. The molecule has 0 N–H and O–H groups in total. The SMILES string of the molecule is CO[C@@H](C)c1nc(Cl)cc(-c2ccccc2F)n1. The van der Waals surface area contributed by atoms with Crippen molar-refractivity contribution >= 4 is 11.6 Å². The van der Waals surface area contributed by atoms with E-state index in [1.54, 1.807) is 32.2 Å². The fourth-order valence-electron chi connectivity index (χ4n) is 1.53. The molecular formula is C13H12ClFN2O. The zero-order valence-electron chi connectivity index (χ0n) is 10.0. The van der Waals surface area contributed by atoms with E-state index in [-0.39, 0.29) is 17.1 Å². The van der Waals surface area contributed by atoms with Crippen molar-refractivity contribution in [2.24, 2.45) is 0 Å². The molecule has 0 aliphatic carbocycles. The molecule has 1 aromatic carbocycles. The van der Waals surface area contributed by atoms with Gasteiger partial charge in [0.05, 0.1) is 5.69 Å². The van der Waals surface area contributed by atoms with E-state index in [1.165, 1.54) is 12.1 Å². The first-order valence-electron chi connectivity index (χ1n) is 5.44. The lowest BCUT2D eigenvalue weighted by Gasteiger charge is -2.10. The molecular weight excluding hydrogens is 255 g/mol. The van der Waals surface area contributed by atoms with E-state index >= 15 is 0 Å². The minimum atomic E-state index is -0.344. The normalized spacial score (nSPS) is 12.4. The smallest absolute Gasteiger partial charge is 0.159 e. The van der Waals surface area contributed by atoms with Crippen LogP contribution in [0.3, 0.4) is 0 Å². The van der Waals surface area contributed by atoms with Crippen LogP contribution in [0.15, 0.2) is 30.3 Å². The molecule has 0 bridgehead atoms. The second-order valence-electron chi connectivity index (χ2n) is 3.79. The molecule has 2 aromatic rings. The van der Waals surface area contributed by atoms with Crippen molar-refractivity contribution in [2.75, 3.05) is 7.11 Å². The van der Waals surface area contributed by atoms with Gasteiger partial charge in [-0.3, -0.25) is 0 Å². The third-order valence-electron chi connectivity index (χ3n) is 2.58. The largest absolute Gasteiger partial charge is 0.374 e. The first kappa shape index (κ1) is 12.9. The second kappa shape index (κ2) is 5.42. The van der Waals surface area contributed by atoms with Crippen molar-refractivity contribution in [3.8, 4) is 11.3 Å². The Hall–Kier alpha value is -1.52. The highest BCUT2D eigenvalue weighted by Crippen LogP contribution is 2.24. The van der Waals surface area contributed by atoms with Crippen LogP contribution in [-0.4, -0.2) is 17.1 Å². The van der Waals surface area contributed by atoms with Crippen molar-refractivity contribution in [1.29, 1.82) is 0 Å². The summed E-state index contributed by atoms with van der Waals surface area (Å²) in [5, 5.41) is 0.266. The Morgan fingerprint density at radius 1 is 1.28 bits per heavy atom. The summed E-state index contributed by atoms with van der Waals surface area (Å²) in [5.41, 5.74) is 0.846. The topological polar surface area (TPSA) is 35.0 Å². The summed E-state index contributed by atoms with van der Waals surface area (Å²) in [6, 6.07) is 7.93. The monoisotopic (exact) mass is 266 g/mol. The van der Waals surface area contributed by atoms with Gasteiger partial charge in [0.15, 0.2) is 5.82 Å². The lowest BCUT2D eigenvalue weighted by molar-refractivity contribution is 0.112. The molecule has 18 heavy (non-hydrogen) atoms.